The van der Waals surface area contributed by atoms with Crippen LogP contribution >= 0.6 is 27.3 Å². The van der Waals surface area contributed by atoms with Crippen molar-refractivity contribution in [2.75, 3.05) is 13.6 Å². The van der Waals surface area contributed by atoms with Crippen molar-refractivity contribution in [2.45, 2.75) is 18.2 Å². The lowest BCUT2D eigenvalue weighted by molar-refractivity contribution is -0.123. The van der Waals surface area contributed by atoms with Gasteiger partial charge in [0.2, 0.25) is 5.13 Å². The number of amides is 1. The number of piperidine rings is 1. The Labute approximate surface area is 107 Å². The molecule has 4 nitrogen and oxygen atoms in total. The molecule has 1 fully saturated rings. The molecule has 0 aromatic carbocycles. The first-order chi connectivity index (χ1) is 7.56. The molecule has 1 aromatic rings. The third-order valence-corrected chi connectivity index (χ3v) is 3.74. The van der Waals surface area contributed by atoms with Crippen molar-refractivity contribution in [2.24, 2.45) is 4.99 Å². The van der Waals surface area contributed by atoms with E-state index in [1.165, 1.54) is 11.3 Å². The Kier molecular flexibility index (Phi) is 3.39. The van der Waals surface area contributed by atoms with Crippen LogP contribution in [0.3, 0.4) is 0 Å². The van der Waals surface area contributed by atoms with Gasteiger partial charge in [-0.05, 0) is 6.92 Å². The Bertz CT molecular complexity index is 443. The highest BCUT2D eigenvalue weighted by atomic mass is 79.9. The first kappa shape index (κ1) is 11.7. The SMILES string of the molecule is Cc1cnc(N=C2CC(Br)CN(C)C2=O)s1. The molecule has 1 aromatic heterocycles. The Balaban J connectivity index is 2.25. The zero-order valence-corrected chi connectivity index (χ0v) is 11.5. The summed E-state index contributed by atoms with van der Waals surface area (Å²) < 4.78 is 0. The Morgan fingerprint density at radius 3 is 3.06 bits per heavy atom. The molecule has 1 unspecified atom stereocenters. The summed E-state index contributed by atoms with van der Waals surface area (Å²) in [7, 11) is 1.79. The molecule has 1 saturated heterocycles. The monoisotopic (exact) mass is 301 g/mol. The van der Waals surface area contributed by atoms with Gasteiger partial charge >= 0.3 is 0 Å². The minimum Gasteiger partial charge on any atom is -0.340 e. The fourth-order valence-electron chi connectivity index (χ4n) is 1.57. The minimum atomic E-state index is 0.00329. The maximum atomic E-state index is 11.8. The van der Waals surface area contributed by atoms with Crippen LogP contribution in [0.4, 0.5) is 5.13 Å². The van der Waals surface area contributed by atoms with Crippen molar-refractivity contribution >= 4 is 44.0 Å². The molecule has 1 atom stereocenters. The van der Waals surface area contributed by atoms with Crippen LogP contribution in [0.2, 0.25) is 0 Å². The summed E-state index contributed by atoms with van der Waals surface area (Å²) in [6.07, 6.45) is 2.44. The Morgan fingerprint density at radius 2 is 2.44 bits per heavy atom. The van der Waals surface area contributed by atoms with E-state index in [-0.39, 0.29) is 10.7 Å². The molecular weight excluding hydrogens is 290 g/mol. The number of halogens is 1. The fraction of sp³-hybridized carbons (Fsp3) is 0.500. The summed E-state index contributed by atoms with van der Waals surface area (Å²) in [6, 6.07) is 0. The molecule has 86 valence electrons. The number of thiazole rings is 1. The summed E-state index contributed by atoms with van der Waals surface area (Å²) in [5.74, 6) is 0.00329. The number of carbonyl (C=O) groups is 1. The molecule has 0 aliphatic carbocycles. The molecule has 2 rings (SSSR count). The summed E-state index contributed by atoms with van der Waals surface area (Å²) in [6.45, 7) is 2.71. The van der Waals surface area contributed by atoms with Crippen LogP contribution in [0.1, 0.15) is 11.3 Å². The van der Waals surface area contributed by atoms with Gasteiger partial charge in [-0.1, -0.05) is 15.9 Å². The highest BCUT2D eigenvalue weighted by molar-refractivity contribution is 9.09. The molecule has 16 heavy (non-hydrogen) atoms. The third-order valence-electron chi connectivity index (χ3n) is 2.32. The maximum Gasteiger partial charge on any atom is 0.268 e. The average molecular weight is 302 g/mol. The van der Waals surface area contributed by atoms with Crippen molar-refractivity contribution < 1.29 is 4.79 Å². The van der Waals surface area contributed by atoms with Crippen molar-refractivity contribution in [3.8, 4) is 0 Å². The van der Waals surface area contributed by atoms with E-state index < -0.39 is 0 Å². The topological polar surface area (TPSA) is 45.6 Å². The van der Waals surface area contributed by atoms with Crippen molar-refractivity contribution in [1.82, 2.24) is 9.88 Å². The standard InChI is InChI=1S/C10H12BrN3OS/c1-6-4-12-10(16-6)13-8-3-7(11)5-14(2)9(8)15/h4,7H,3,5H2,1-2H3. The van der Waals surface area contributed by atoms with Crippen LogP contribution < -0.4 is 0 Å². The number of rotatable bonds is 1. The smallest absolute Gasteiger partial charge is 0.268 e. The number of nitrogens with zero attached hydrogens (tertiary/aromatic N) is 3. The van der Waals surface area contributed by atoms with Crippen LogP contribution in [-0.4, -0.2) is 39.9 Å². The van der Waals surface area contributed by atoms with Gasteiger partial charge in [0.15, 0.2) is 0 Å². The van der Waals surface area contributed by atoms with E-state index in [2.05, 4.69) is 25.9 Å². The number of aromatic nitrogens is 1. The van der Waals surface area contributed by atoms with Gasteiger partial charge in [0, 0.05) is 35.9 Å². The van der Waals surface area contributed by atoms with Gasteiger partial charge in [-0.25, -0.2) is 9.98 Å². The molecule has 6 heteroatoms. The molecule has 0 bridgehead atoms. The zero-order valence-electron chi connectivity index (χ0n) is 9.11. The minimum absolute atomic E-state index is 0.00329. The molecule has 0 spiro atoms. The van der Waals surface area contributed by atoms with Gasteiger partial charge in [0.1, 0.15) is 5.71 Å². The number of aliphatic imine (C=N–C) groups is 1. The number of likely N-dealkylation sites (tertiary alicyclic amines) is 1. The highest BCUT2D eigenvalue weighted by Crippen LogP contribution is 2.23. The number of aryl methyl sites for hydroxylation is 1. The lowest BCUT2D eigenvalue weighted by Crippen LogP contribution is -2.43. The van der Waals surface area contributed by atoms with Crippen LogP contribution in [-0.2, 0) is 4.79 Å². The van der Waals surface area contributed by atoms with E-state index in [1.54, 1.807) is 18.1 Å². The number of hydrogen-bond acceptors (Lipinski definition) is 4. The van der Waals surface area contributed by atoms with Crippen LogP contribution in [0.25, 0.3) is 0 Å². The lowest BCUT2D eigenvalue weighted by atomic mass is 10.1. The predicted molar refractivity (Wildman–Crippen MR) is 68.9 cm³/mol. The van der Waals surface area contributed by atoms with E-state index in [4.69, 9.17) is 0 Å². The quantitative estimate of drug-likeness (QED) is 0.746. The zero-order chi connectivity index (χ0) is 11.7. The van der Waals surface area contributed by atoms with E-state index in [1.807, 2.05) is 6.92 Å². The molecular formula is C10H12BrN3OS. The largest absolute Gasteiger partial charge is 0.340 e. The molecule has 0 saturated carbocycles. The fourth-order valence-corrected chi connectivity index (χ4v) is 2.96. The Morgan fingerprint density at radius 1 is 1.69 bits per heavy atom. The van der Waals surface area contributed by atoms with Gasteiger partial charge in [-0.15, -0.1) is 11.3 Å². The predicted octanol–water partition coefficient (Wildman–Crippen LogP) is 2.15. The van der Waals surface area contributed by atoms with Crippen LogP contribution in [0.5, 0.6) is 0 Å². The van der Waals surface area contributed by atoms with Crippen molar-refractivity contribution in [3.63, 3.8) is 0 Å². The van der Waals surface area contributed by atoms with Gasteiger partial charge < -0.3 is 4.90 Å². The average Bonchev–Trinajstić information content (AvgIpc) is 2.60. The highest BCUT2D eigenvalue weighted by Gasteiger charge is 2.27. The summed E-state index contributed by atoms with van der Waals surface area (Å²) in [5, 5.41) is 0.663. The molecule has 2 heterocycles. The maximum absolute atomic E-state index is 11.8. The van der Waals surface area contributed by atoms with Gasteiger partial charge in [0.05, 0.1) is 0 Å². The first-order valence-electron chi connectivity index (χ1n) is 4.96. The molecule has 1 aliphatic heterocycles. The first-order valence-corrected chi connectivity index (χ1v) is 6.69. The molecule has 1 amide bonds. The summed E-state index contributed by atoms with van der Waals surface area (Å²) in [4.78, 5) is 23.4. The third kappa shape index (κ3) is 2.49. The summed E-state index contributed by atoms with van der Waals surface area (Å²) >= 11 is 5.02. The van der Waals surface area contributed by atoms with Crippen molar-refractivity contribution in [3.05, 3.63) is 11.1 Å². The lowest BCUT2D eigenvalue weighted by Gasteiger charge is -2.26. The number of carbonyl (C=O) groups excluding carboxylic acids is 1. The van der Waals surface area contributed by atoms with E-state index in [0.29, 0.717) is 17.3 Å². The van der Waals surface area contributed by atoms with Crippen LogP contribution in [0, 0.1) is 6.92 Å². The van der Waals surface area contributed by atoms with Gasteiger partial charge in [-0.3, -0.25) is 4.79 Å². The number of hydrogen-bond donors (Lipinski definition) is 0. The summed E-state index contributed by atoms with van der Waals surface area (Å²) in [5.41, 5.74) is 0.588. The number of alkyl halides is 1. The second-order valence-corrected chi connectivity index (χ2v) is 6.31. The molecule has 0 N–H and O–H groups in total. The Hall–Kier alpha value is -0.750. The molecule has 0 radical (unpaired) electrons. The van der Waals surface area contributed by atoms with Crippen molar-refractivity contribution in [1.29, 1.82) is 0 Å². The van der Waals surface area contributed by atoms with E-state index in [9.17, 15) is 4.79 Å². The second-order valence-electron chi connectivity index (χ2n) is 3.80. The van der Waals surface area contributed by atoms with Crippen LogP contribution in [0.15, 0.2) is 11.2 Å². The van der Waals surface area contributed by atoms with Gasteiger partial charge in [-0.2, -0.15) is 0 Å². The van der Waals surface area contributed by atoms with E-state index >= 15 is 0 Å². The van der Waals surface area contributed by atoms with E-state index in [0.717, 1.165) is 11.4 Å². The normalized spacial score (nSPS) is 24.2. The second kappa shape index (κ2) is 4.63. The molecule has 1 aliphatic rings. The van der Waals surface area contributed by atoms with Gasteiger partial charge in [0.25, 0.3) is 5.91 Å².